The Bertz CT molecular complexity index is 577. The Morgan fingerprint density at radius 2 is 1.27 bits per heavy atom. The molecule has 0 nitrogen and oxygen atoms in total. The molecule has 4 aliphatic rings. The lowest BCUT2D eigenvalue weighted by Crippen LogP contribution is -2.30. The first-order chi connectivity index (χ1) is 14.5. The summed E-state index contributed by atoms with van der Waals surface area (Å²) < 4.78 is 44.9. The summed E-state index contributed by atoms with van der Waals surface area (Å²) in [5.74, 6) is 0.574. The smallest absolute Gasteiger partial charge is 0.135 e. The van der Waals surface area contributed by atoms with E-state index in [0.717, 1.165) is 77.0 Å². The normalized spacial score (nSPS) is 41.8. The molecule has 0 N–H and O–H groups in total. The molecule has 4 heteroatoms. The summed E-state index contributed by atoms with van der Waals surface area (Å²) >= 11 is 2.39. The van der Waals surface area contributed by atoms with E-state index in [9.17, 15) is 8.78 Å². The number of hydrogen-bond acceptors (Lipinski definition) is 0. The van der Waals surface area contributed by atoms with Crippen LogP contribution in [0.3, 0.4) is 0 Å². The molecule has 3 fully saturated rings. The summed E-state index contributed by atoms with van der Waals surface area (Å²) in [5, 5.41) is 0. The molecule has 0 bridgehead atoms. The van der Waals surface area contributed by atoms with Gasteiger partial charge >= 0.3 is 0 Å². The zero-order valence-electron chi connectivity index (χ0n) is 18.4. The number of alkyl halides is 2. The Balaban J connectivity index is 1.24. The molecule has 30 heavy (non-hydrogen) atoms. The molecule has 0 saturated heterocycles. The minimum atomic E-state index is -0.612. The van der Waals surface area contributed by atoms with Crippen LogP contribution in [0.2, 0.25) is 0 Å². The highest BCUT2D eigenvalue weighted by molar-refractivity contribution is 14.1. The molecule has 0 aromatic rings. The summed E-state index contributed by atoms with van der Waals surface area (Å²) in [6.45, 7) is 0. The molecule has 0 heterocycles. The van der Waals surface area contributed by atoms with E-state index in [4.69, 9.17) is 0 Å². The van der Waals surface area contributed by atoms with E-state index < -0.39 is 6.17 Å². The Labute approximate surface area is 195 Å². The van der Waals surface area contributed by atoms with Crippen molar-refractivity contribution < 1.29 is 13.2 Å². The van der Waals surface area contributed by atoms with Gasteiger partial charge in [-0.05, 0) is 87.9 Å². The first-order valence-corrected chi connectivity index (χ1v) is 14.1. The standard InChI is InChI=1S/C26H40F3I/c27-24-16-21(30)13-12-20(24)11-8-17-6-9-19(10-7-17)23-15-14-22(25(28)26(23)29)18-4-2-1-3-5-18/h17-24H,1-16H2. The van der Waals surface area contributed by atoms with E-state index in [2.05, 4.69) is 22.6 Å². The quantitative estimate of drug-likeness (QED) is 0.243. The molecule has 0 aromatic heterocycles. The van der Waals surface area contributed by atoms with Gasteiger partial charge in [0.25, 0.3) is 0 Å². The van der Waals surface area contributed by atoms with Gasteiger partial charge in [0.1, 0.15) is 17.8 Å². The molecule has 5 atom stereocenters. The second kappa shape index (κ2) is 10.9. The summed E-state index contributed by atoms with van der Waals surface area (Å²) in [4.78, 5) is 0. The SMILES string of the molecule is FC1=C(F)C(C2CCC(CCC3CCC(I)CC3F)CC2)CCC1C1CCCCC1. The molecule has 0 spiro atoms. The monoisotopic (exact) mass is 536 g/mol. The van der Waals surface area contributed by atoms with Gasteiger partial charge in [-0.25, -0.2) is 13.2 Å². The third-order valence-electron chi connectivity index (χ3n) is 9.14. The van der Waals surface area contributed by atoms with Crippen molar-refractivity contribution in [2.45, 2.75) is 113 Å². The molecule has 0 radical (unpaired) electrons. The van der Waals surface area contributed by atoms with Crippen LogP contribution < -0.4 is 0 Å². The molecule has 5 unspecified atom stereocenters. The van der Waals surface area contributed by atoms with Gasteiger partial charge in [0.05, 0.1) is 0 Å². The Hall–Kier alpha value is 0.260. The van der Waals surface area contributed by atoms with Gasteiger partial charge in [-0.3, -0.25) is 0 Å². The predicted molar refractivity (Wildman–Crippen MR) is 127 cm³/mol. The number of allylic oxidation sites excluding steroid dienone is 2. The topological polar surface area (TPSA) is 0 Å². The molecule has 4 aliphatic carbocycles. The average molecular weight is 537 g/mol. The van der Waals surface area contributed by atoms with Crippen molar-refractivity contribution in [2.24, 2.45) is 35.5 Å². The van der Waals surface area contributed by atoms with Crippen molar-refractivity contribution in [1.82, 2.24) is 0 Å². The molecular weight excluding hydrogens is 496 g/mol. The van der Waals surface area contributed by atoms with E-state index in [1.807, 2.05) is 0 Å². The van der Waals surface area contributed by atoms with Gasteiger partial charge in [-0.1, -0.05) is 61.1 Å². The maximum Gasteiger partial charge on any atom is 0.135 e. The van der Waals surface area contributed by atoms with E-state index >= 15 is 4.39 Å². The van der Waals surface area contributed by atoms with Crippen molar-refractivity contribution >= 4 is 22.6 Å². The van der Waals surface area contributed by atoms with E-state index in [-0.39, 0.29) is 29.4 Å². The van der Waals surface area contributed by atoms with Crippen LogP contribution in [-0.2, 0) is 0 Å². The van der Waals surface area contributed by atoms with E-state index in [1.54, 1.807) is 0 Å². The van der Waals surface area contributed by atoms with Crippen molar-refractivity contribution in [3.8, 4) is 0 Å². The molecule has 4 rings (SSSR count). The average Bonchev–Trinajstić information content (AvgIpc) is 2.76. The van der Waals surface area contributed by atoms with Crippen molar-refractivity contribution in [3.05, 3.63) is 11.7 Å². The lowest BCUT2D eigenvalue weighted by molar-refractivity contribution is 0.127. The minimum absolute atomic E-state index is 0.135. The van der Waals surface area contributed by atoms with Crippen LogP contribution in [0.25, 0.3) is 0 Å². The maximum absolute atomic E-state index is 15.1. The minimum Gasteiger partial charge on any atom is -0.247 e. The third kappa shape index (κ3) is 5.60. The summed E-state index contributed by atoms with van der Waals surface area (Å²) in [5.41, 5.74) is 0. The van der Waals surface area contributed by atoms with Crippen LogP contribution >= 0.6 is 22.6 Å². The third-order valence-corrected chi connectivity index (χ3v) is 10.3. The van der Waals surface area contributed by atoms with Crippen LogP contribution in [0.5, 0.6) is 0 Å². The second-order valence-electron chi connectivity index (χ2n) is 10.9. The van der Waals surface area contributed by atoms with Crippen molar-refractivity contribution in [2.75, 3.05) is 0 Å². The number of halogens is 4. The molecule has 0 aliphatic heterocycles. The fourth-order valence-electron chi connectivity index (χ4n) is 7.17. The zero-order valence-corrected chi connectivity index (χ0v) is 20.6. The van der Waals surface area contributed by atoms with Gasteiger partial charge in [0, 0.05) is 15.8 Å². The van der Waals surface area contributed by atoms with Gasteiger partial charge in [-0.15, -0.1) is 0 Å². The zero-order chi connectivity index (χ0) is 21.1. The maximum atomic E-state index is 15.1. The van der Waals surface area contributed by atoms with Crippen molar-refractivity contribution in [1.29, 1.82) is 0 Å². The fourth-order valence-corrected chi connectivity index (χ4v) is 8.02. The first kappa shape index (κ1) is 23.4. The Kier molecular flexibility index (Phi) is 8.52. The summed E-state index contributed by atoms with van der Waals surface area (Å²) in [6, 6.07) is 0. The largest absolute Gasteiger partial charge is 0.247 e. The van der Waals surface area contributed by atoms with Crippen LogP contribution in [0.1, 0.15) is 103 Å². The predicted octanol–water partition coefficient (Wildman–Crippen LogP) is 9.27. The van der Waals surface area contributed by atoms with Crippen LogP contribution in [0.15, 0.2) is 11.7 Å². The molecule has 0 amide bonds. The number of hydrogen-bond donors (Lipinski definition) is 0. The highest BCUT2D eigenvalue weighted by atomic mass is 127. The van der Waals surface area contributed by atoms with E-state index in [0.29, 0.717) is 21.7 Å². The van der Waals surface area contributed by atoms with Crippen LogP contribution in [-0.4, -0.2) is 10.1 Å². The highest BCUT2D eigenvalue weighted by Gasteiger charge is 2.40. The highest BCUT2D eigenvalue weighted by Crippen LogP contribution is 2.49. The fraction of sp³-hybridized carbons (Fsp3) is 0.923. The Morgan fingerprint density at radius 3 is 1.87 bits per heavy atom. The molecule has 0 aromatic carbocycles. The molecular formula is C26H40F3I. The summed E-state index contributed by atoms with van der Waals surface area (Å²) in [7, 11) is 0. The van der Waals surface area contributed by atoms with Crippen LogP contribution in [0.4, 0.5) is 13.2 Å². The van der Waals surface area contributed by atoms with Gasteiger partial charge in [0.2, 0.25) is 0 Å². The lowest BCUT2D eigenvalue weighted by atomic mass is 9.67. The molecule has 172 valence electrons. The second-order valence-corrected chi connectivity index (χ2v) is 12.7. The van der Waals surface area contributed by atoms with Crippen LogP contribution in [0, 0.1) is 35.5 Å². The van der Waals surface area contributed by atoms with Crippen molar-refractivity contribution in [3.63, 3.8) is 0 Å². The summed E-state index contributed by atoms with van der Waals surface area (Å²) in [6.07, 6.45) is 16.3. The number of rotatable bonds is 5. The first-order valence-electron chi connectivity index (χ1n) is 12.9. The lowest BCUT2D eigenvalue weighted by Gasteiger charge is -2.39. The van der Waals surface area contributed by atoms with Gasteiger partial charge in [0.15, 0.2) is 0 Å². The molecule has 3 saturated carbocycles. The Morgan fingerprint density at radius 1 is 0.667 bits per heavy atom. The van der Waals surface area contributed by atoms with Gasteiger partial charge < -0.3 is 0 Å². The van der Waals surface area contributed by atoms with E-state index in [1.165, 1.54) is 25.7 Å². The van der Waals surface area contributed by atoms with Gasteiger partial charge in [-0.2, -0.15) is 0 Å².